The van der Waals surface area contributed by atoms with Crippen molar-refractivity contribution in [2.24, 2.45) is 5.10 Å². The van der Waals surface area contributed by atoms with E-state index in [2.05, 4.69) is 37.6 Å². The summed E-state index contributed by atoms with van der Waals surface area (Å²) in [6.07, 6.45) is 0.122. The van der Waals surface area contributed by atoms with Crippen LogP contribution in [0.2, 0.25) is 0 Å². The van der Waals surface area contributed by atoms with Gasteiger partial charge in [0.25, 0.3) is 5.97 Å². The van der Waals surface area contributed by atoms with Gasteiger partial charge in [-0.1, -0.05) is 30.0 Å². The Bertz CT molecular complexity index is 871. The number of hydrogen-bond donors (Lipinski definition) is 2. The van der Waals surface area contributed by atoms with Gasteiger partial charge in [0.05, 0.1) is 13.0 Å². The number of esters is 1. The first kappa shape index (κ1) is 25.8. The highest BCUT2D eigenvalue weighted by molar-refractivity contribution is 8.03. The van der Waals surface area contributed by atoms with Crippen LogP contribution in [-0.2, 0) is 14.3 Å². The number of aryl methyl sites for hydroxylation is 1. The van der Waals surface area contributed by atoms with Gasteiger partial charge in [-0.05, 0) is 44.4 Å². The lowest BCUT2D eigenvalue weighted by Crippen LogP contribution is -2.10. The van der Waals surface area contributed by atoms with Crippen molar-refractivity contribution in [3.05, 3.63) is 11.8 Å². The second-order valence-corrected chi connectivity index (χ2v) is 9.26. The molecule has 10 nitrogen and oxygen atoms in total. The molecule has 2 heterocycles. The highest BCUT2D eigenvalue weighted by Crippen LogP contribution is 2.32. The Balaban J connectivity index is 0.00000103. The summed E-state index contributed by atoms with van der Waals surface area (Å²) in [5.41, 5.74) is 4.18. The molecule has 13 heteroatoms. The number of carboxylic acids is 1. The quantitative estimate of drug-likeness (QED) is 0.181. The van der Waals surface area contributed by atoms with E-state index in [9.17, 15) is 4.79 Å². The van der Waals surface area contributed by atoms with Crippen LogP contribution in [0.15, 0.2) is 24.9 Å². The van der Waals surface area contributed by atoms with Crippen LogP contribution >= 0.6 is 34.9 Å². The Morgan fingerprint density at radius 2 is 1.90 bits per heavy atom. The Kier molecular flexibility index (Phi) is 11.9. The fourth-order valence-corrected chi connectivity index (χ4v) is 4.68. The number of hydrogen-bond acceptors (Lipinski definition) is 12. The van der Waals surface area contributed by atoms with Gasteiger partial charge in [0.2, 0.25) is 5.95 Å². The Morgan fingerprint density at radius 1 is 1.23 bits per heavy atom. The molecular formula is C17H24N6O4S3. The molecule has 2 N–H and O–H groups in total. The number of aliphatic carboxylic acids is 1. The van der Waals surface area contributed by atoms with Crippen LogP contribution in [0.3, 0.4) is 0 Å². The second-order valence-electron chi connectivity index (χ2n) is 5.50. The van der Waals surface area contributed by atoms with Gasteiger partial charge < -0.3 is 9.84 Å². The summed E-state index contributed by atoms with van der Waals surface area (Å²) < 4.78 is 6.66. The Labute approximate surface area is 187 Å². The normalized spacial score (nSPS) is 10.8. The number of anilines is 1. The fourth-order valence-electron chi connectivity index (χ4n) is 1.76. The van der Waals surface area contributed by atoms with Crippen molar-refractivity contribution in [3.63, 3.8) is 0 Å². The van der Waals surface area contributed by atoms with E-state index in [1.807, 2.05) is 13.0 Å². The largest absolute Gasteiger partial charge is 0.481 e. The molecule has 0 fully saturated rings. The van der Waals surface area contributed by atoms with E-state index < -0.39 is 5.97 Å². The van der Waals surface area contributed by atoms with Crippen molar-refractivity contribution in [2.45, 2.75) is 54.7 Å². The lowest BCUT2D eigenvalue weighted by atomic mass is 10.3. The number of aromatic nitrogens is 4. The number of rotatable bonds is 9. The Morgan fingerprint density at radius 3 is 2.53 bits per heavy atom. The van der Waals surface area contributed by atoms with Crippen molar-refractivity contribution >= 4 is 58.5 Å². The average molecular weight is 473 g/mol. The summed E-state index contributed by atoms with van der Waals surface area (Å²) in [5.74, 6) is 0.181. The number of nitrogens with zero attached hydrogens (tertiary/aromatic N) is 5. The average Bonchev–Trinajstić information content (AvgIpc) is 3.06. The number of carbonyl (C=O) groups is 2. The van der Waals surface area contributed by atoms with Crippen LogP contribution in [0.1, 0.15) is 39.8 Å². The molecule has 2 aromatic rings. The van der Waals surface area contributed by atoms with E-state index in [1.54, 1.807) is 25.6 Å². The van der Waals surface area contributed by atoms with Gasteiger partial charge in [0.1, 0.15) is 5.03 Å². The minimum Gasteiger partial charge on any atom is -0.481 e. The molecule has 0 atom stereocenters. The monoisotopic (exact) mass is 472 g/mol. The highest BCUT2D eigenvalue weighted by Gasteiger charge is 2.10. The molecule has 0 saturated carbocycles. The maximum absolute atomic E-state index is 11.4. The molecule has 2 aromatic heterocycles. The smallest absolute Gasteiger partial charge is 0.311 e. The molecule has 0 aromatic carbocycles. The summed E-state index contributed by atoms with van der Waals surface area (Å²) in [6, 6.07) is 1.87. The lowest BCUT2D eigenvalue weighted by Gasteiger charge is -2.05. The van der Waals surface area contributed by atoms with Crippen LogP contribution in [-0.4, -0.2) is 55.3 Å². The molecule has 0 spiro atoms. The molecule has 2 rings (SSSR count). The summed E-state index contributed by atoms with van der Waals surface area (Å²) in [5, 5.41) is 20.6. The summed E-state index contributed by atoms with van der Waals surface area (Å²) in [4.78, 5) is 29.2. The lowest BCUT2D eigenvalue weighted by molar-refractivity contribution is -0.141. The maximum atomic E-state index is 11.4. The van der Waals surface area contributed by atoms with E-state index in [4.69, 9.17) is 14.6 Å². The molecule has 0 amide bonds. The predicted molar refractivity (Wildman–Crippen MR) is 118 cm³/mol. The summed E-state index contributed by atoms with van der Waals surface area (Å²) in [6.45, 7) is 8.90. The zero-order valence-electron chi connectivity index (χ0n) is 17.3. The molecule has 0 aliphatic rings. The number of carbonyl (C=O) groups excluding carboxylic acids is 1. The third kappa shape index (κ3) is 11.1. The van der Waals surface area contributed by atoms with Crippen molar-refractivity contribution < 1.29 is 19.4 Å². The molecule has 0 aliphatic heterocycles. The highest BCUT2D eigenvalue weighted by atomic mass is 32.2. The molecule has 164 valence electrons. The van der Waals surface area contributed by atoms with Crippen LogP contribution in [0.5, 0.6) is 0 Å². The maximum Gasteiger partial charge on any atom is 0.311 e. The number of carboxylic acid groups (broad SMARTS) is 1. The second kappa shape index (κ2) is 13.9. The SMILES string of the molecule is CC(=O)O.CCOC(=O)C/C(C)=N/Nc1nc(C)cc(Sc2nnc(SCC)s2)n1. The molecule has 0 aliphatic carbocycles. The van der Waals surface area contributed by atoms with Crippen molar-refractivity contribution in [3.8, 4) is 0 Å². The van der Waals surface area contributed by atoms with Crippen LogP contribution in [0.25, 0.3) is 0 Å². The zero-order chi connectivity index (χ0) is 22.5. The fraction of sp³-hybridized carbons (Fsp3) is 0.471. The van der Waals surface area contributed by atoms with Crippen LogP contribution in [0, 0.1) is 6.92 Å². The van der Waals surface area contributed by atoms with Gasteiger partial charge in [0.15, 0.2) is 8.68 Å². The number of nitrogens with one attached hydrogen (secondary N) is 1. The van der Waals surface area contributed by atoms with E-state index >= 15 is 0 Å². The van der Waals surface area contributed by atoms with E-state index in [0.717, 1.165) is 32.1 Å². The number of ether oxygens (including phenoxy) is 1. The first-order chi connectivity index (χ1) is 14.2. The van der Waals surface area contributed by atoms with Crippen molar-refractivity contribution in [1.82, 2.24) is 20.2 Å². The summed E-state index contributed by atoms with van der Waals surface area (Å²) >= 11 is 4.63. The molecule has 0 radical (unpaired) electrons. The molecule has 0 bridgehead atoms. The number of hydrazone groups is 1. The van der Waals surface area contributed by atoms with E-state index in [0.29, 0.717) is 18.3 Å². The Hall–Kier alpha value is -2.25. The standard InChI is InChI=1S/C15H20N6O2S3.C2H4O2/c1-5-23-12(22)8-10(4)18-19-13-16-9(3)7-11(17-13)25-15-21-20-14(26-15)24-6-2;1-2(3)4/h7H,5-6,8H2,1-4H3,(H,16,17,19);1H3,(H,3,4)/b18-10+;. The van der Waals surface area contributed by atoms with Gasteiger partial charge in [-0.15, -0.1) is 10.2 Å². The van der Waals surface area contributed by atoms with Crippen molar-refractivity contribution in [2.75, 3.05) is 17.8 Å². The zero-order valence-corrected chi connectivity index (χ0v) is 19.8. The van der Waals surface area contributed by atoms with Gasteiger partial charge in [0, 0.05) is 18.3 Å². The van der Waals surface area contributed by atoms with Crippen LogP contribution in [0.4, 0.5) is 5.95 Å². The van der Waals surface area contributed by atoms with Crippen LogP contribution < -0.4 is 5.43 Å². The van der Waals surface area contributed by atoms with E-state index in [1.165, 1.54) is 23.1 Å². The third-order valence-corrected chi connectivity index (χ3v) is 5.64. The van der Waals surface area contributed by atoms with Gasteiger partial charge in [-0.25, -0.2) is 15.4 Å². The molecule has 30 heavy (non-hydrogen) atoms. The van der Waals surface area contributed by atoms with Gasteiger partial charge in [-0.3, -0.25) is 9.59 Å². The van der Waals surface area contributed by atoms with Gasteiger partial charge in [-0.2, -0.15) is 5.10 Å². The topological polar surface area (TPSA) is 140 Å². The first-order valence-corrected chi connectivity index (χ1v) is 11.5. The minimum atomic E-state index is -0.833. The first-order valence-electron chi connectivity index (χ1n) is 8.87. The third-order valence-electron chi connectivity index (χ3n) is 2.73. The minimum absolute atomic E-state index is 0.122. The number of thioether (sulfide) groups is 1. The predicted octanol–water partition coefficient (Wildman–Crippen LogP) is 3.73. The van der Waals surface area contributed by atoms with E-state index in [-0.39, 0.29) is 12.4 Å². The van der Waals surface area contributed by atoms with Gasteiger partial charge >= 0.3 is 5.97 Å². The molecule has 0 saturated heterocycles. The molecule has 0 unspecified atom stereocenters. The molecular weight excluding hydrogens is 448 g/mol. The van der Waals surface area contributed by atoms with Crippen molar-refractivity contribution in [1.29, 1.82) is 0 Å². The summed E-state index contributed by atoms with van der Waals surface area (Å²) in [7, 11) is 0.